The van der Waals surface area contributed by atoms with E-state index in [1.54, 1.807) is 18.2 Å². The number of amides is 3. The molecule has 8 nitrogen and oxygen atoms in total. The van der Waals surface area contributed by atoms with E-state index in [0.29, 0.717) is 22.4 Å². The van der Waals surface area contributed by atoms with E-state index in [1.165, 1.54) is 23.3 Å². The first-order chi connectivity index (χ1) is 16.3. The van der Waals surface area contributed by atoms with Crippen molar-refractivity contribution in [2.75, 3.05) is 10.3 Å². The van der Waals surface area contributed by atoms with Crippen LogP contribution in [0.2, 0.25) is 5.02 Å². The van der Waals surface area contributed by atoms with E-state index in [2.05, 4.69) is 20.7 Å². The number of aryl methyl sites for hydroxylation is 1. The second-order valence-electron chi connectivity index (χ2n) is 7.78. The van der Waals surface area contributed by atoms with Crippen LogP contribution in [0.1, 0.15) is 30.9 Å². The van der Waals surface area contributed by atoms with Crippen molar-refractivity contribution in [2.24, 2.45) is 5.10 Å². The van der Waals surface area contributed by atoms with E-state index in [9.17, 15) is 14.4 Å². The molecule has 3 amide bonds. The standard InChI is InChI=1S/C24H22ClN5O3S/c1-14-3-8-18(11-19(14)25)30-22(32)10-9-20(29-30)23(33)28-24-27-21(13-34-24)17-6-4-16(5-7-17)12-26-15(2)31/h3-8,11,13H,9-10,12H2,1-2H3,(H,26,31)(H,27,28,33). The Labute approximate surface area is 205 Å². The van der Waals surface area contributed by atoms with E-state index in [-0.39, 0.29) is 30.4 Å². The van der Waals surface area contributed by atoms with Crippen molar-refractivity contribution >= 4 is 57.2 Å². The molecule has 34 heavy (non-hydrogen) atoms. The van der Waals surface area contributed by atoms with Crippen molar-refractivity contribution in [1.82, 2.24) is 10.3 Å². The number of benzene rings is 2. The maximum atomic E-state index is 12.8. The smallest absolute Gasteiger partial charge is 0.273 e. The molecule has 0 aliphatic carbocycles. The molecular weight excluding hydrogens is 474 g/mol. The van der Waals surface area contributed by atoms with E-state index in [1.807, 2.05) is 36.6 Å². The fourth-order valence-electron chi connectivity index (χ4n) is 3.28. The number of halogens is 1. The van der Waals surface area contributed by atoms with Gasteiger partial charge in [-0.25, -0.2) is 9.99 Å². The lowest BCUT2D eigenvalue weighted by Gasteiger charge is -2.23. The number of carbonyl (C=O) groups is 3. The molecule has 0 fully saturated rings. The third kappa shape index (κ3) is 5.49. The molecular formula is C24H22ClN5O3S. The van der Waals surface area contributed by atoms with Gasteiger partial charge < -0.3 is 5.32 Å². The molecule has 0 unspecified atom stereocenters. The van der Waals surface area contributed by atoms with Gasteiger partial charge in [0.1, 0.15) is 5.71 Å². The maximum Gasteiger partial charge on any atom is 0.273 e. The summed E-state index contributed by atoms with van der Waals surface area (Å²) in [5, 5.41) is 13.9. The zero-order chi connectivity index (χ0) is 24.2. The van der Waals surface area contributed by atoms with Gasteiger partial charge in [0.05, 0.1) is 11.4 Å². The van der Waals surface area contributed by atoms with Crippen LogP contribution in [0.15, 0.2) is 52.9 Å². The Morgan fingerprint density at radius 3 is 2.62 bits per heavy atom. The van der Waals surface area contributed by atoms with E-state index in [4.69, 9.17) is 11.6 Å². The Morgan fingerprint density at radius 1 is 1.15 bits per heavy atom. The van der Waals surface area contributed by atoms with Gasteiger partial charge in [-0.1, -0.05) is 41.9 Å². The van der Waals surface area contributed by atoms with Crippen molar-refractivity contribution in [3.05, 3.63) is 64.0 Å². The van der Waals surface area contributed by atoms with Crippen LogP contribution in [0.3, 0.4) is 0 Å². The van der Waals surface area contributed by atoms with Crippen LogP contribution in [-0.4, -0.2) is 28.4 Å². The van der Waals surface area contributed by atoms with Crippen molar-refractivity contribution in [1.29, 1.82) is 0 Å². The quantitative estimate of drug-likeness (QED) is 0.524. The summed E-state index contributed by atoms with van der Waals surface area (Å²) in [6, 6.07) is 12.9. The van der Waals surface area contributed by atoms with Crippen molar-refractivity contribution in [2.45, 2.75) is 33.2 Å². The van der Waals surface area contributed by atoms with Crippen LogP contribution in [0.4, 0.5) is 10.8 Å². The molecule has 4 rings (SSSR count). The molecule has 0 saturated carbocycles. The van der Waals surface area contributed by atoms with Gasteiger partial charge in [0.25, 0.3) is 5.91 Å². The Bertz CT molecular complexity index is 1290. The molecule has 2 aromatic carbocycles. The monoisotopic (exact) mass is 495 g/mol. The Balaban J connectivity index is 1.45. The average molecular weight is 496 g/mol. The third-order valence-corrected chi connectivity index (χ3v) is 6.38. The van der Waals surface area contributed by atoms with Gasteiger partial charge in [-0.15, -0.1) is 11.3 Å². The number of hydrogen-bond donors (Lipinski definition) is 2. The minimum absolute atomic E-state index is 0.0818. The van der Waals surface area contributed by atoms with Gasteiger partial charge >= 0.3 is 0 Å². The summed E-state index contributed by atoms with van der Waals surface area (Å²) in [5.74, 6) is -0.682. The minimum Gasteiger partial charge on any atom is -0.352 e. The second kappa shape index (κ2) is 10.1. The molecule has 0 radical (unpaired) electrons. The van der Waals surface area contributed by atoms with Crippen LogP contribution in [-0.2, 0) is 20.9 Å². The molecule has 174 valence electrons. The molecule has 0 spiro atoms. The molecule has 0 bridgehead atoms. The number of rotatable bonds is 6. The van der Waals surface area contributed by atoms with Crippen LogP contribution in [0.25, 0.3) is 11.3 Å². The lowest BCUT2D eigenvalue weighted by molar-refractivity contribution is -0.119. The molecule has 2 heterocycles. The highest BCUT2D eigenvalue weighted by Gasteiger charge is 2.26. The van der Waals surface area contributed by atoms with Gasteiger partial charge in [-0.3, -0.25) is 19.7 Å². The van der Waals surface area contributed by atoms with Crippen molar-refractivity contribution in [3.8, 4) is 11.3 Å². The summed E-state index contributed by atoms with van der Waals surface area (Å²) >= 11 is 7.49. The number of carbonyl (C=O) groups excluding carboxylic acids is 3. The molecule has 0 atom stereocenters. The van der Waals surface area contributed by atoms with Crippen molar-refractivity contribution < 1.29 is 14.4 Å². The average Bonchev–Trinajstić information content (AvgIpc) is 3.28. The highest BCUT2D eigenvalue weighted by molar-refractivity contribution is 7.14. The Hall–Kier alpha value is -3.56. The summed E-state index contributed by atoms with van der Waals surface area (Å²) in [6.45, 7) is 3.81. The fraction of sp³-hybridized carbons (Fsp3) is 0.208. The maximum absolute atomic E-state index is 12.8. The van der Waals surface area contributed by atoms with Gasteiger partial charge in [-0.2, -0.15) is 5.10 Å². The highest BCUT2D eigenvalue weighted by atomic mass is 35.5. The Morgan fingerprint density at radius 2 is 1.91 bits per heavy atom. The first kappa shape index (κ1) is 23.6. The Kier molecular flexibility index (Phi) is 7.04. The van der Waals surface area contributed by atoms with Crippen LogP contribution < -0.4 is 15.6 Å². The first-order valence-electron chi connectivity index (χ1n) is 10.6. The zero-order valence-electron chi connectivity index (χ0n) is 18.6. The minimum atomic E-state index is -0.401. The third-order valence-electron chi connectivity index (χ3n) is 5.21. The molecule has 1 aliphatic heterocycles. The number of hydrogen-bond acceptors (Lipinski definition) is 6. The summed E-state index contributed by atoms with van der Waals surface area (Å²) in [6.07, 6.45) is 0.417. The molecule has 1 aromatic heterocycles. The predicted molar refractivity (Wildman–Crippen MR) is 134 cm³/mol. The molecule has 3 aromatic rings. The molecule has 0 saturated heterocycles. The van der Waals surface area contributed by atoms with E-state index in [0.717, 1.165) is 22.4 Å². The van der Waals surface area contributed by atoms with Crippen LogP contribution >= 0.6 is 22.9 Å². The van der Waals surface area contributed by atoms with Crippen LogP contribution in [0, 0.1) is 6.92 Å². The predicted octanol–water partition coefficient (Wildman–Crippen LogP) is 4.53. The van der Waals surface area contributed by atoms with E-state index < -0.39 is 5.91 Å². The highest BCUT2D eigenvalue weighted by Crippen LogP contribution is 2.27. The van der Waals surface area contributed by atoms with Gasteiger partial charge in [0.2, 0.25) is 11.8 Å². The number of thiazole rings is 1. The van der Waals surface area contributed by atoms with Gasteiger partial charge in [0.15, 0.2) is 5.13 Å². The van der Waals surface area contributed by atoms with Crippen molar-refractivity contribution in [3.63, 3.8) is 0 Å². The second-order valence-corrected chi connectivity index (χ2v) is 9.05. The SMILES string of the molecule is CC(=O)NCc1ccc(-c2csc(NC(=O)C3=NN(c4ccc(C)c(Cl)c4)C(=O)CC3)n2)cc1. The molecule has 10 heteroatoms. The van der Waals surface area contributed by atoms with E-state index >= 15 is 0 Å². The molecule has 1 aliphatic rings. The van der Waals surface area contributed by atoms with Gasteiger partial charge in [0, 0.05) is 42.3 Å². The number of anilines is 2. The number of nitrogens with one attached hydrogen (secondary N) is 2. The summed E-state index contributed by atoms with van der Waals surface area (Å²) < 4.78 is 0. The number of hydrazone groups is 1. The normalized spacial score (nSPS) is 13.4. The number of aromatic nitrogens is 1. The number of nitrogens with zero attached hydrogens (tertiary/aromatic N) is 3. The van der Waals surface area contributed by atoms with Crippen LogP contribution in [0.5, 0.6) is 0 Å². The summed E-state index contributed by atoms with van der Waals surface area (Å²) in [7, 11) is 0. The first-order valence-corrected chi connectivity index (χ1v) is 11.8. The lowest BCUT2D eigenvalue weighted by Crippen LogP contribution is -2.36. The topological polar surface area (TPSA) is 104 Å². The fourth-order valence-corrected chi connectivity index (χ4v) is 4.17. The molecule has 2 N–H and O–H groups in total. The summed E-state index contributed by atoms with van der Waals surface area (Å²) in [4.78, 5) is 40.8. The van der Waals surface area contributed by atoms with Gasteiger partial charge in [-0.05, 0) is 30.2 Å². The largest absolute Gasteiger partial charge is 0.352 e. The lowest BCUT2D eigenvalue weighted by atomic mass is 10.1. The summed E-state index contributed by atoms with van der Waals surface area (Å²) in [5.41, 5.74) is 4.25. The zero-order valence-corrected chi connectivity index (χ0v) is 20.2.